The van der Waals surface area contributed by atoms with Gasteiger partial charge in [0.15, 0.2) is 0 Å². The monoisotopic (exact) mass is 274 g/mol. The third-order valence-electron chi connectivity index (χ3n) is 2.53. The number of amides is 2. The van der Waals surface area contributed by atoms with Gasteiger partial charge in [-0.3, -0.25) is 0 Å². The number of carboxylic acids is 1. The molecule has 0 aromatic carbocycles. The molecule has 0 aromatic heterocycles. The van der Waals surface area contributed by atoms with Gasteiger partial charge in [-0.25, -0.2) is 9.59 Å². The average Bonchev–Trinajstić information content (AvgIpc) is 2.26. The molecular weight excluding hydrogens is 248 g/mol. The molecule has 0 fully saturated rings. The first kappa shape index (κ1) is 17.7. The summed E-state index contributed by atoms with van der Waals surface area (Å²) in [6.45, 7) is 8.54. The Labute approximate surface area is 115 Å². The van der Waals surface area contributed by atoms with E-state index in [9.17, 15) is 9.59 Å². The number of nitrogens with zero attached hydrogens (tertiary/aromatic N) is 1. The minimum absolute atomic E-state index is 0.115. The number of likely N-dealkylation sites (N-methyl/N-ethyl adjacent to an activating group) is 1. The summed E-state index contributed by atoms with van der Waals surface area (Å²) in [6, 6.07) is -1.23. The molecule has 0 aliphatic carbocycles. The lowest BCUT2D eigenvalue weighted by atomic mass is 10.0. The molecule has 19 heavy (non-hydrogen) atoms. The summed E-state index contributed by atoms with van der Waals surface area (Å²) >= 11 is 0. The molecule has 0 aliphatic heterocycles. The van der Waals surface area contributed by atoms with Crippen LogP contribution in [-0.2, 0) is 9.53 Å². The quantitative estimate of drug-likeness (QED) is 0.704. The van der Waals surface area contributed by atoms with Gasteiger partial charge in [0.05, 0.1) is 12.7 Å². The van der Waals surface area contributed by atoms with Crippen LogP contribution in [0.25, 0.3) is 0 Å². The Bertz CT molecular complexity index is 292. The van der Waals surface area contributed by atoms with E-state index in [1.54, 1.807) is 7.05 Å². The zero-order valence-corrected chi connectivity index (χ0v) is 12.5. The Morgan fingerprint density at radius 2 is 1.84 bits per heavy atom. The van der Waals surface area contributed by atoms with Crippen LogP contribution < -0.4 is 5.32 Å². The molecule has 0 bridgehead atoms. The van der Waals surface area contributed by atoms with E-state index in [-0.39, 0.29) is 18.1 Å². The molecule has 0 heterocycles. The zero-order chi connectivity index (χ0) is 15.0. The summed E-state index contributed by atoms with van der Waals surface area (Å²) in [6.07, 6.45) is 0.529. The molecule has 2 amide bonds. The minimum atomic E-state index is -1.01. The first-order valence-electron chi connectivity index (χ1n) is 6.60. The Kier molecular flexibility index (Phi) is 8.14. The smallest absolute Gasteiger partial charge is 0.326 e. The molecule has 0 aliphatic rings. The predicted molar refractivity (Wildman–Crippen MR) is 73.1 cm³/mol. The van der Waals surface area contributed by atoms with Crippen LogP contribution >= 0.6 is 0 Å². The summed E-state index contributed by atoms with van der Waals surface area (Å²) in [5, 5.41) is 11.6. The van der Waals surface area contributed by atoms with E-state index in [0.717, 1.165) is 0 Å². The van der Waals surface area contributed by atoms with Gasteiger partial charge in [-0.1, -0.05) is 13.8 Å². The number of carbonyl (C=O) groups is 2. The number of carbonyl (C=O) groups excluding carboxylic acids is 1. The van der Waals surface area contributed by atoms with Crippen LogP contribution in [0.1, 0.15) is 34.1 Å². The van der Waals surface area contributed by atoms with Crippen molar-refractivity contribution in [1.29, 1.82) is 0 Å². The lowest BCUT2D eigenvalue weighted by Crippen LogP contribution is -2.48. The molecule has 2 N–H and O–H groups in total. The Balaban J connectivity index is 4.20. The molecule has 0 aromatic rings. The molecule has 0 saturated carbocycles. The summed E-state index contributed by atoms with van der Waals surface area (Å²) in [7, 11) is 1.62. The maximum atomic E-state index is 11.8. The van der Waals surface area contributed by atoms with E-state index in [2.05, 4.69) is 5.32 Å². The normalized spacial score (nSPS) is 12.6. The highest BCUT2D eigenvalue weighted by Gasteiger charge is 2.22. The number of carboxylic acid groups (broad SMARTS) is 1. The van der Waals surface area contributed by atoms with Gasteiger partial charge in [-0.05, 0) is 26.2 Å². The highest BCUT2D eigenvalue weighted by Crippen LogP contribution is 2.05. The topological polar surface area (TPSA) is 78.9 Å². The summed E-state index contributed by atoms with van der Waals surface area (Å²) in [5.74, 6) is -0.801. The molecule has 112 valence electrons. The second kappa shape index (κ2) is 8.74. The molecule has 6 nitrogen and oxygen atoms in total. The SMILES string of the molecule is CC(C)C[C@@H](NC(=O)N(C)CCOC(C)C)C(=O)O. The molecule has 0 unspecified atom stereocenters. The van der Waals surface area contributed by atoms with E-state index >= 15 is 0 Å². The van der Waals surface area contributed by atoms with Crippen molar-refractivity contribution in [2.75, 3.05) is 20.2 Å². The van der Waals surface area contributed by atoms with Crippen LogP contribution in [-0.4, -0.2) is 54.4 Å². The van der Waals surface area contributed by atoms with Crippen LogP contribution in [0.5, 0.6) is 0 Å². The van der Waals surface area contributed by atoms with Gasteiger partial charge >= 0.3 is 12.0 Å². The standard InChI is InChI=1S/C13H26N2O4/c1-9(2)8-11(12(16)17)14-13(18)15(5)6-7-19-10(3)4/h9-11H,6-8H2,1-5H3,(H,14,18)(H,16,17)/t11-/m1/s1. The number of rotatable bonds is 8. The third kappa shape index (κ3) is 8.42. The Morgan fingerprint density at radius 1 is 1.26 bits per heavy atom. The summed E-state index contributed by atoms with van der Waals surface area (Å²) in [5.41, 5.74) is 0. The third-order valence-corrected chi connectivity index (χ3v) is 2.53. The Morgan fingerprint density at radius 3 is 2.26 bits per heavy atom. The minimum Gasteiger partial charge on any atom is -0.480 e. The number of urea groups is 1. The van der Waals surface area contributed by atoms with E-state index in [4.69, 9.17) is 9.84 Å². The van der Waals surface area contributed by atoms with Crippen molar-refractivity contribution < 1.29 is 19.4 Å². The number of nitrogens with one attached hydrogen (secondary N) is 1. The van der Waals surface area contributed by atoms with Crippen LogP contribution in [0.4, 0.5) is 4.79 Å². The van der Waals surface area contributed by atoms with Gasteiger partial charge in [0.1, 0.15) is 6.04 Å². The van der Waals surface area contributed by atoms with Crippen molar-refractivity contribution >= 4 is 12.0 Å². The van der Waals surface area contributed by atoms with Gasteiger partial charge in [0.2, 0.25) is 0 Å². The zero-order valence-electron chi connectivity index (χ0n) is 12.5. The average molecular weight is 274 g/mol. The molecule has 0 saturated heterocycles. The number of hydrogen-bond acceptors (Lipinski definition) is 3. The fourth-order valence-corrected chi connectivity index (χ4v) is 1.48. The maximum Gasteiger partial charge on any atom is 0.326 e. The number of ether oxygens (including phenoxy) is 1. The molecule has 6 heteroatoms. The molecule has 0 radical (unpaired) electrons. The van der Waals surface area contributed by atoms with Gasteiger partial charge in [-0.2, -0.15) is 0 Å². The van der Waals surface area contributed by atoms with Crippen molar-refractivity contribution in [2.24, 2.45) is 5.92 Å². The van der Waals surface area contributed by atoms with Crippen LogP contribution in [0.2, 0.25) is 0 Å². The van der Waals surface area contributed by atoms with E-state index in [1.165, 1.54) is 4.90 Å². The predicted octanol–water partition coefficient (Wildman–Crippen LogP) is 1.55. The number of aliphatic carboxylic acids is 1. The fourth-order valence-electron chi connectivity index (χ4n) is 1.48. The van der Waals surface area contributed by atoms with Gasteiger partial charge < -0.3 is 20.1 Å². The first-order valence-corrected chi connectivity index (χ1v) is 6.60. The van der Waals surface area contributed by atoms with Crippen molar-refractivity contribution in [3.8, 4) is 0 Å². The van der Waals surface area contributed by atoms with Gasteiger partial charge in [0.25, 0.3) is 0 Å². The largest absolute Gasteiger partial charge is 0.480 e. The maximum absolute atomic E-state index is 11.8. The van der Waals surface area contributed by atoms with Gasteiger partial charge in [0, 0.05) is 13.6 Å². The summed E-state index contributed by atoms with van der Waals surface area (Å²) in [4.78, 5) is 24.3. The molecule has 0 spiro atoms. The van der Waals surface area contributed by atoms with Gasteiger partial charge in [-0.15, -0.1) is 0 Å². The van der Waals surface area contributed by atoms with E-state index in [1.807, 2.05) is 27.7 Å². The summed E-state index contributed by atoms with van der Waals surface area (Å²) < 4.78 is 5.34. The van der Waals surface area contributed by atoms with Crippen molar-refractivity contribution in [3.63, 3.8) is 0 Å². The van der Waals surface area contributed by atoms with Crippen molar-refractivity contribution in [1.82, 2.24) is 10.2 Å². The van der Waals surface area contributed by atoms with Crippen molar-refractivity contribution in [3.05, 3.63) is 0 Å². The molecular formula is C13H26N2O4. The van der Waals surface area contributed by atoms with Crippen LogP contribution in [0.3, 0.4) is 0 Å². The first-order chi connectivity index (χ1) is 8.73. The lowest BCUT2D eigenvalue weighted by Gasteiger charge is -2.22. The van der Waals surface area contributed by atoms with Crippen LogP contribution in [0.15, 0.2) is 0 Å². The second-order valence-electron chi connectivity index (χ2n) is 5.31. The molecule has 1 atom stereocenters. The second-order valence-corrected chi connectivity index (χ2v) is 5.31. The highest BCUT2D eigenvalue weighted by molar-refractivity contribution is 5.82. The molecule has 0 rings (SSSR count). The highest BCUT2D eigenvalue weighted by atomic mass is 16.5. The van der Waals surface area contributed by atoms with Crippen LogP contribution in [0, 0.1) is 5.92 Å². The van der Waals surface area contributed by atoms with E-state index < -0.39 is 12.0 Å². The Hall–Kier alpha value is -1.30. The number of hydrogen-bond donors (Lipinski definition) is 2. The van der Waals surface area contributed by atoms with E-state index in [0.29, 0.717) is 19.6 Å². The lowest BCUT2D eigenvalue weighted by molar-refractivity contribution is -0.139. The van der Waals surface area contributed by atoms with Crippen molar-refractivity contribution in [2.45, 2.75) is 46.3 Å². The fraction of sp³-hybridized carbons (Fsp3) is 0.846.